The third-order valence-corrected chi connectivity index (χ3v) is 2.54. The highest BCUT2D eigenvalue weighted by Gasteiger charge is 2.14. The van der Waals surface area contributed by atoms with Crippen molar-refractivity contribution < 1.29 is 4.52 Å². The molecule has 0 radical (unpaired) electrons. The number of H-pyrrole nitrogens is 1. The van der Waals surface area contributed by atoms with Gasteiger partial charge in [0.15, 0.2) is 0 Å². The molecule has 2 aromatic heterocycles. The summed E-state index contributed by atoms with van der Waals surface area (Å²) >= 11 is 0. The quantitative estimate of drug-likeness (QED) is 0.806. The summed E-state index contributed by atoms with van der Waals surface area (Å²) in [4.78, 5) is 7.40. The lowest BCUT2D eigenvalue weighted by atomic mass is 10.1. The first-order valence-corrected chi connectivity index (χ1v) is 5.48. The Hall–Kier alpha value is -1.62. The summed E-state index contributed by atoms with van der Waals surface area (Å²) in [7, 11) is 0. The molecule has 5 nitrogen and oxygen atoms in total. The minimum atomic E-state index is 0.264. The molecule has 2 aromatic rings. The Labute approximate surface area is 94.0 Å². The first kappa shape index (κ1) is 10.9. The maximum atomic E-state index is 5.47. The second-order valence-electron chi connectivity index (χ2n) is 3.87. The summed E-state index contributed by atoms with van der Waals surface area (Å²) < 4.78 is 5.23. The summed E-state index contributed by atoms with van der Waals surface area (Å²) in [6.45, 7) is 2.77. The van der Waals surface area contributed by atoms with Crippen LogP contribution in [0.5, 0.6) is 0 Å². The van der Waals surface area contributed by atoms with Crippen molar-refractivity contribution in [1.29, 1.82) is 0 Å². The zero-order chi connectivity index (χ0) is 11.4. The van der Waals surface area contributed by atoms with Gasteiger partial charge in [-0.05, 0) is 31.5 Å². The molecule has 0 saturated carbocycles. The van der Waals surface area contributed by atoms with E-state index in [1.54, 1.807) is 0 Å². The number of nitrogens with two attached hydrogens (primary N) is 1. The molecular weight excluding hydrogens is 204 g/mol. The van der Waals surface area contributed by atoms with Gasteiger partial charge in [-0.15, -0.1) is 0 Å². The second-order valence-corrected chi connectivity index (χ2v) is 3.87. The third kappa shape index (κ3) is 2.30. The minimum absolute atomic E-state index is 0.264. The van der Waals surface area contributed by atoms with E-state index in [0.717, 1.165) is 18.5 Å². The maximum absolute atomic E-state index is 5.47. The van der Waals surface area contributed by atoms with Crippen LogP contribution in [0.15, 0.2) is 22.9 Å². The third-order valence-electron chi connectivity index (χ3n) is 2.54. The fraction of sp³-hybridized carbons (Fsp3) is 0.455. The highest BCUT2D eigenvalue weighted by atomic mass is 16.5. The molecule has 0 aliphatic rings. The summed E-state index contributed by atoms with van der Waals surface area (Å²) in [5.41, 5.74) is 6.34. The van der Waals surface area contributed by atoms with E-state index in [4.69, 9.17) is 10.3 Å². The van der Waals surface area contributed by atoms with E-state index in [-0.39, 0.29) is 5.92 Å². The molecular formula is C11H16N4O. The van der Waals surface area contributed by atoms with Gasteiger partial charge in [0.05, 0.1) is 5.69 Å². The van der Waals surface area contributed by atoms with Gasteiger partial charge in [-0.25, -0.2) is 0 Å². The highest BCUT2D eigenvalue weighted by molar-refractivity contribution is 5.47. The fourth-order valence-corrected chi connectivity index (χ4v) is 1.56. The Bertz CT molecular complexity index is 421. The van der Waals surface area contributed by atoms with Crippen LogP contribution in [0.2, 0.25) is 0 Å². The van der Waals surface area contributed by atoms with Gasteiger partial charge in [0, 0.05) is 12.1 Å². The molecule has 0 bridgehead atoms. The van der Waals surface area contributed by atoms with Gasteiger partial charge in [0.1, 0.15) is 0 Å². The lowest BCUT2D eigenvalue weighted by Crippen LogP contribution is -2.02. The topological polar surface area (TPSA) is 80.7 Å². The Kier molecular flexibility index (Phi) is 3.36. The first-order chi connectivity index (χ1) is 7.81. The van der Waals surface area contributed by atoms with E-state index in [0.29, 0.717) is 18.3 Å². The van der Waals surface area contributed by atoms with Gasteiger partial charge in [0.25, 0.3) is 0 Å². The summed E-state index contributed by atoms with van der Waals surface area (Å²) in [5, 5.41) is 3.94. The van der Waals surface area contributed by atoms with E-state index in [1.807, 2.05) is 18.3 Å². The van der Waals surface area contributed by atoms with Crippen molar-refractivity contribution >= 4 is 0 Å². The number of rotatable bonds is 5. The van der Waals surface area contributed by atoms with Crippen LogP contribution in [0.4, 0.5) is 0 Å². The largest absolute Gasteiger partial charge is 0.359 e. The zero-order valence-electron chi connectivity index (χ0n) is 9.31. The molecule has 0 aliphatic carbocycles. The molecule has 3 N–H and O–H groups in total. The minimum Gasteiger partial charge on any atom is -0.359 e. The molecule has 0 amide bonds. The number of nitrogens with one attached hydrogen (secondary N) is 1. The lowest BCUT2D eigenvalue weighted by molar-refractivity contribution is 0.352. The monoisotopic (exact) mass is 220 g/mol. The number of hydrogen-bond donors (Lipinski definition) is 2. The number of hydrogen-bond acceptors (Lipinski definition) is 4. The normalized spacial score (nSPS) is 12.9. The van der Waals surface area contributed by atoms with Crippen molar-refractivity contribution in [2.45, 2.75) is 25.7 Å². The molecule has 1 unspecified atom stereocenters. The molecule has 5 heteroatoms. The van der Waals surface area contributed by atoms with Crippen LogP contribution in [0, 0.1) is 0 Å². The molecule has 0 aromatic carbocycles. The summed E-state index contributed by atoms with van der Waals surface area (Å²) in [5.74, 6) is 1.55. The molecule has 1 atom stereocenters. The molecule has 0 spiro atoms. The predicted molar refractivity (Wildman–Crippen MR) is 60.8 cm³/mol. The van der Waals surface area contributed by atoms with Crippen molar-refractivity contribution in [3.63, 3.8) is 0 Å². The van der Waals surface area contributed by atoms with Gasteiger partial charge in [-0.3, -0.25) is 0 Å². The molecule has 0 fully saturated rings. The maximum Gasteiger partial charge on any atom is 0.229 e. The van der Waals surface area contributed by atoms with Crippen LogP contribution >= 0.6 is 0 Å². The standard InChI is InChI=1S/C11H16N4O/c1-8(4-2-6-12)11-14-10(15-16-11)9-5-3-7-13-9/h3,5,7-8,13H,2,4,6,12H2,1H3. The van der Waals surface area contributed by atoms with Crippen molar-refractivity contribution in [2.24, 2.45) is 5.73 Å². The SMILES string of the molecule is CC(CCCN)c1nc(-c2ccc[nH]2)no1. The van der Waals surface area contributed by atoms with Crippen LogP contribution in [-0.4, -0.2) is 21.7 Å². The van der Waals surface area contributed by atoms with Crippen LogP contribution in [0.25, 0.3) is 11.5 Å². The zero-order valence-corrected chi connectivity index (χ0v) is 9.31. The number of aromatic amines is 1. The van der Waals surface area contributed by atoms with Crippen molar-refractivity contribution in [2.75, 3.05) is 6.54 Å². The Morgan fingerprint density at radius 3 is 3.12 bits per heavy atom. The predicted octanol–water partition coefficient (Wildman–Crippen LogP) is 1.91. The molecule has 16 heavy (non-hydrogen) atoms. The van der Waals surface area contributed by atoms with Crippen molar-refractivity contribution in [3.8, 4) is 11.5 Å². The van der Waals surface area contributed by atoms with Gasteiger partial charge >= 0.3 is 0 Å². The lowest BCUT2D eigenvalue weighted by Gasteiger charge is -2.03. The number of nitrogens with zero attached hydrogens (tertiary/aromatic N) is 2. The molecule has 2 heterocycles. The molecule has 0 aliphatic heterocycles. The van der Waals surface area contributed by atoms with Crippen LogP contribution in [0.3, 0.4) is 0 Å². The van der Waals surface area contributed by atoms with Gasteiger partial charge in [-0.2, -0.15) is 4.98 Å². The smallest absolute Gasteiger partial charge is 0.229 e. The second kappa shape index (κ2) is 4.94. The number of aromatic nitrogens is 3. The van der Waals surface area contributed by atoms with Gasteiger partial charge in [-0.1, -0.05) is 12.1 Å². The van der Waals surface area contributed by atoms with E-state index in [9.17, 15) is 0 Å². The van der Waals surface area contributed by atoms with Crippen molar-refractivity contribution in [1.82, 2.24) is 15.1 Å². The summed E-state index contributed by atoms with van der Waals surface area (Å²) in [6, 6.07) is 3.82. The van der Waals surface area contributed by atoms with Gasteiger partial charge in [0.2, 0.25) is 11.7 Å². The van der Waals surface area contributed by atoms with Crippen molar-refractivity contribution in [3.05, 3.63) is 24.2 Å². The Balaban J connectivity index is 2.07. The first-order valence-electron chi connectivity index (χ1n) is 5.48. The van der Waals surface area contributed by atoms with E-state index in [2.05, 4.69) is 22.0 Å². The van der Waals surface area contributed by atoms with E-state index in [1.165, 1.54) is 0 Å². The average Bonchev–Trinajstić information content (AvgIpc) is 2.94. The summed E-state index contributed by atoms with van der Waals surface area (Å²) in [6.07, 6.45) is 3.79. The average molecular weight is 220 g/mol. The van der Waals surface area contributed by atoms with E-state index >= 15 is 0 Å². The Morgan fingerprint density at radius 1 is 1.56 bits per heavy atom. The van der Waals surface area contributed by atoms with E-state index < -0.39 is 0 Å². The van der Waals surface area contributed by atoms with Gasteiger partial charge < -0.3 is 15.2 Å². The molecule has 86 valence electrons. The fourth-order valence-electron chi connectivity index (χ4n) is 1.56. The highest BCUT2D eigenvalue weighted by Crippen LogP contribution is 2.21. The molecule has 2 rings (SSSR count). The molecule has 0 saturated heterocycles. The van der Waals surface area contributed by atoms with Crippen LogP contribution in [-0.2, 0) is 0 Å². The van der Waals surface area contributed by atoms with Crippen LogP contribution < -0.4 is 5.73 Å². The Morgan fingerprint density at radius 2 is 2.44 bits per heavy atom. The van der Waals surface area contributed by atoms with Crippen LogP contribution in [0.1, 0.15) is 31.6 Å².